The Morgan fingerprint density at radius 1 is 1.16 bits per heavy atom. The van der Waals surface area contributed by atoms with Crippen LogP contribution in [0.15, 0.2) is 53.8 Å². The first kappa shape index (κ1) is 20.7. The lowest BCUT2D eigenvalue weighted by Gasteiger charge is -2.23. The average molecular weight is 452 g/mol. The van der Waals surface area contributed by atoms with Crippen molar-refractivity contribution < 1.29 is 8.42 Å². The van der Waals surface area contributed by atoms with Crippen molar-refractivity contribution in [2.24, 2.45) is 7.05 Å². The molecule has 4 aromatic rings. The van der Waals surface area contributed by atoms with Gasteiger partial charge in [-0.2, -0.15) is 14.7 Å². The quantitative estimate of drug-likeness (QED) is 0.480. The smallest absolute Gasteiger partial charge is 0.175 e. The second-order valence-electron chi connectivity index (χ2n) is 8.23. The molecule has 32 heavy (non-hydrogen) atoms. The fourth-order valence-corrected chi connectivity index (χ4v) is 4.71. The minimum Gasteiger partial charge on any atom is -0.340 e. The number of benzene rings is 1. The summed E-state index contributed by atoms with van der Waals surface area (Å²) in [6.07, 6.45) is 8.96. The molecule has 1 aliphatic heterocycles. The first-order valence-corrected chi connectivity index (χ1v) is 12.4. The third kappa shape index (κ3) is 3.98. The van der Waals surface area contributed by atoms with Crippen molar-refractivity contribution in [3.63, 3.8) is 0 Å². The van der Waals surface area contributed by atoms with Gasteiger partial charge in [-0.05, 0) is 43.7 Å². The number of rotatable bonds is 5. The Morgan fingerprint density at radius 2 is 1.97 bits per heavy atom. The molecule has 166 valence electrons. The highest BCUT2D eigenvalue weighted by atomic mass is 32.2. The monoisotopic (exact) mass is 451 g/mol. The molecule has 4 heterocycles. The maximum atomic E-state index is 11.8. The van der Waals surface area contributed by atoms with Crippen molar-refractivity contribution in [2.75, 3.05) is 24.7 Å². The first-order valence-electron chi connectivity index (χ1n) is 10.5. The molecule has 0 aliphatic carbocycles. The van der Waals surface area contributed by atoms with E-state index in [-0.39, 0.29) is 4.90 Å². The van der Waals surface area contributed by atoms with Gasteiger partial charge >= 0.3 is 0 Å². The highest BCUT2D eigenvalue weighted by Crippen LogP contribution is 2.30. The van der Waals surface area contributed by atoms with Gasteiger partial charge in [-0.3, -0.25) is 4.68 Å². The molecule has 9 nitrogen and oxygen atoms in total. The molecule has 1 atom stereocenters. The summed E-state index contributed by atoms with van der Waals surface area (Å²) >= 11 is 0. The molecule has 1 fully saturated rings. The van der Waals surface area contributed by atoms with Crippen molar-refractivity contribution in [3.05, 3.63) is 54.6 Å². The van der Waals surface area contributed by atoms with E-state index in [1.54, 1.807) is 39.7 Å². The van der Waals surface area contributed by atoms with Gasteiger partial charge in [-0.25, -0.2) is 13.4 Å². The summed E-state index contributed by atoms with van der Waals surface area (Å²) in [5, 5.41) is 15.7. The van der Waals surface area contributed by atoms with Gasteiger partial charge in [0.1, 0.15) is 5.82 Å². The van der Waals surface area contributed by atoms with Crippen molar-refractivity contribution in [2.45, 2.75) is 23.7 Å². The van der Waals surface area contributed by atoms with Gasteiger partial charge in [0.15, 0.2) is 15.5 Å². The maximum Gasteiger partial charge on any atom is 0.175 e. The van der Waals surface area contributed by atoms with Gasteiger partial charge in [0.25, 0.3) is 0 Å². The van der Waals surface area contributed by atoms with Gasteiger partial charge in [-0.15, -0.1) is 0 Å². The SMILES string of the molecule is Cn1cc(-c2cnn3c(Nc4ccc(S(C)(=O)=O)cc4)cc(C4CCCNC4)nc23)cn1. The van der Waals surface area contributed by atoms with Gasteiger partial charge in [0.05, 0.1) is 23.0 Å². The van der Waals surface area contributed by atoms with E-state index in [0.29, 0.717) is 5.92 Å². The number of aryl methyl sites for hydroxylation is 1. The summed E-state index contributed by atoms with van der Waals surface area (Å²) in [5.74, 6) is 1.09. The van der Waals surface area contributed by atoms with Gasteiger partial charge < -0.3 is 10.6 Å². The summed E-state index contributed by atoms with van der Waals surface area (Å²) < 4.78 is 27.1. The van der Waals surface area contributed by atoms with Crippen LogP contribution in [0.2, 0.25) is 0 Å². The molecular formula is C22H25N7O2S. The number of nitrogens with one attached hydrogen (secondary N) is 2. The lowest BCUT2D eigenvalue weighted by atomic mass is 9.96. The standard InChI is InChI=1S/C22H25N7O2S/c1-28-14-16(12-24-28)19-13-25-29-21(26-17-5-7-18(8-6-17)32(2,30)31)10-20(27-22(19)29)15-4-3-9-23-11-15/h5-8,10,12-15,23,26H,3-4,9,11H2,1-2H3. The molecule has 0 saturated carbocycles. The van der Waals surface area contributed by atoms with E-state index in [0.717, 1.165) is 59.9 Å². The number of anilines is 2. The number of nitrogens with zero attached hydrogens (tertiary/aromatic N) is 5. The second kappa shape index (κ2) is 8.03. The molecule has 0 spiro atoms. The molecule has 2 N–H and O–H groups in total. The van der Waals surface area contributed by atoms with Gasteiger partial charge in [0, 0.05) is 54.8 Å². The summed E-state index contributed by atoms with van der Waals surface area (Å²) in [5.41, 5.74) is 4.41. The van der Waals surface area contributed by atoms with Crippen molar-refractivity contribution in [1.29, 1.82) is 0 Å². The molecule has 1 unspecified atom stereocenters. The van der Waals surface area contributed by atoms with E-state index >= 15 is 0 Å². The van der Waals surface area contributed by atoms with Gasteiger partial charge in [-0.1, -0.05) is 0 Å². The molecule has 0 bridgehead atoms. The van der Waals surface area contributed by atoms with E-state index in [9.17, 15) is 8.42 Å². The molecule has 0 amide bonds. The van der Waals surface area contributed by atoms with Crippen molar-refractivity contribution >= 4 is 27.0 Å². The zero-order chi connectivity index (χ0) is 22.3. The van der Waals surface area contributed by atoms with E-state index in [1.165, 1.54) is 6.26 Å². The zero-order valence-electron chi connectivity index (χ0n) is 18.0. The van der Waals surface area contributed by atoms with Crippen LogP contribution in [-0.4, -0.2) is 52.1 Å². The fourth-order valence-electron chi connectivity index (χ4n) is 4.08. The molecular weight excluding hydrogens is 426 g/mol. The summed E-state index contributed by atoms with van der Waals surface area (Å²) in [6, 6.07) is 8.76. The summed E-state index contributed by atoms with van der Waals surface area (Å²) in [7, 11) is -1.36. The van der Waals surface area contributed by atoms with E-state index < -0.39 is 9.84 Å². The van der Waals surface area contributed by atoms with E-state index in [1.807, 2.05) is 25.5 Å². The summed E-state index contributed by atoms with van der Waals surface area (Å²) in [6.45, 7) is 1.92. The van der Waals surface area contributed by atoms with Crippen molar-refractivity contribution in [3.8, 4) is 11.1 Å². The van der Waals surface area contributed by atoms with Crippen LogP contribution < -0.4 is 10.6 Å². The van der Waals surface area contributed by atoms with Crippen molar-refractivity contribution in [1.82, 2.24) is 29.7 Å². The predicted octanol–water partition coefficient (Wildman–Crippen LogP) is 2.74. The molecule has 1 aromatic carbocycles. The molecule has 3 aromatic heterocycles. The second-order valence-corrected chi connectivity index (χ2v) is 10.2. The van der Waals surface area contributed by atoms with Crippen LogP contribution in [0.1, 0.15) is 24.5 Å². The highest BCUT2D eigenvalue weighted by molar-refractivity contribution is 7.90. The first-order chi connectivity index (χ1) is 15.4. The number of aromatic nitrogens is 5. The number of fused-ring (bicyclic) bond motifs is 1. The predicted molar refractivity (Wildman–Crippen MR) is 123 cm³/mol. The lowest BCUT2D eigenvalue weighted by Crippen LogP contribution is -2.29. The van der Waals surface area contributed by atoms with Crippen LogP contribution in [0, 0.1) is 0 Å². The number of hydrogen-bond acceptors (Lipinski definition) is 7. The van der Waals surface area contributed by atoms with Crippen LogP contribution in [0.4, 0.5) is 11.5 Å². The van der Waals surface area contributed by atoms with Crippen LogP contribution in [0.25, 0.3) is 16.8 Å². The Kier molecular flexibility index (Phi) is 5.18. The average Bonchev–Trinajstić information content (AvgIpc) is 3.40. The number of hydrogen-bond donors (Lipinski definition) is 2. The van der Waals surface area contributed by atoms with Crippen LogP contribution >= 0.6 is 0 Å². The number of piperidine rings is 1. The fraction of sp³-hybridized carbons (Fsp3) is 0.318. The third-order valence-electron chi connectivity index (χ3n) is 5.78. The molecule has 10 heteroatoms. The Bertz CT molecular complexity index is 1370. The van der Waals surface area contributed by atoms with Gasteiger partial charge in [0.2, 0.25) is 0 Å². The lowest BCUT2D eigenvalue weighted by molar-refractivity contribution is 0.455. The van der Waals surface area contributed by atoms with Crippen LogP contribution in [-0.2, 0) is 16.9 Å². The van der Waals surface area contributed by atoms with Crippen LogP contribution in [0.5, 0.6) is 0 Å². The third-order valence-corrected chi connectivity index (χ3v) is 6.91. The Morgan fingerprint density at radius 3 is 2.62 bits per heavy atom. The summed E-state index contributed by atoms with van der Waals surface area (Å²) in [4.78, 5) is 5.28. The Hall–Kier alpha value is -3.24. The minimum absolute atomic E-state index is 0.287. The molecule has 0 radical (unpaired) electrons. The highest BCUT2D eigenvalue weighted by Gasteiger charge is 2.21. The van der Waals surface area contributed by atoms with E-state index in [4.69, 9.17) is 4.98 Å². The molecule has 1 saturated heterocycles. The molecule has 5 rings (SSSR count). The minimum atomic E-state index is -3.24. The Balaban J connectivity index is 1.59. The van der Waals surface area contributed by atoms with E-state index in [2.05, 4.69) is 20.8 Å². The number of sulfone groups is 1. The molecule has 1 aliphatic rings. The zero-order valence-corrected chi connectivity index (χ0v) is 18.8. The largest absolute Gasteiger partial charge is 0.340 e. The topological polar surface area (TPSA) is 106 Å². The Labute approximate surface area is 186 Å². The maximum absolute atomic E-state index is 11.8. The normalized spacial score (nSPS) is 17.0. The van der Waals surface area contributed by atoms with Crippen LogP contribution in [0.3, 0.4) is 0 Å².